The van der Waals surface area contributed by atoms with Crippen LogP contribution in [0.25, 0.3) is 0 Å². The van der Waals surface area contributed by atoms with Crippen molar-refractivity contribution in [2.24, 2.45) is 5.41 Å². The summed E-state index contributed by atoms with van der Waals surface area (Å²) in [5.41, 5.74) is 0.647. The van der Waals surface area contributed by atoms with Gasteiger partial charge in [0.25, 0.3) is 0 Å². The van der Waals surface area contributed by atoms with Gasteiger partial charge in [-0.2, -0.15) is 0 Å². The van der Waals surface area contributed by atoms with Crippen molar-refractivity contribution >= 4 is 45.2 Å². The van der Waals surface area contributed by atoms with E-state index in [1.165, 1.54) is 30.1 Å². The second kappa shape index (κ2) is 3.68. The largest absolute Gasteiger partial charge is 0.0857 e. The Kier molecular flexibility index (Phi) is 3.53. The summed E-state index contributed by atoms with van der Waals surface area (Å²) in [4.78, 5) is 0. The summed E-state index contributed by atoms with van der Waals surface area (Å²) < 4.78 is 1.82. The average Bonchev–Trinajstić information content (AvgIpc) is 2.33. The monoisotopic (exact) mass is 378 g/mol. The zero-order valence-corrected chi connectivity index (χ0v) is 11.6. The fourth-order valence-electron chi connectivity index (χ4n) is 1.94. The van der Waals surface area contributed by atoms with Crippen molar-refractivity contribution in [2.45, 2.75) is 43.0 Å². The summed E-state index contributed by atoms with van der Waals surface area (Å²) in [6.45, 7) is 4.77. The van der Waals surface area contributed by atoms with E-state index in [0.717, 1.165) is 0 Å². The highest BCUT2D eigenvalue weighted by Crippen LogP contribution is 2.51. The maximum Gasteiger partial charge on any atom is 0.0229 e. The van der Waals surface area contributed by atoms with Gasteiger partial charge in [0.05, 0.1) is 0 Å². The molecule has 0 radical (unpaired) electrons. The molecule has 0 aliphatic heterocycles. The lowest BCUT2D eigenvalue weighted by Crippen LogP contribution is -2.37. The molecular formula is C9H16I2. The molecule has 1 aliphatic carbocycles. The molecule has 2 heteroatoms. The number of hydrogen-bond donors (Lipinski definition) is 0. The van der Waals surface area contributed by atoms with Gasteiger partial charge in [0, 0.05) is 7.85 Å². The first-order chi connectivity index (χ1) is 5.02. The number of alkyl halides is 2. The molecule has 1 fully saturated rings. The smallest absolute Gasteiger partial charge is 0.0229 e. The third-order valence-corrected chi connectivity index (χ3v) is 5.68. The van der Waals surface area contributed by atoms with Crippen LogP contribution in [0.2, 0.25) is 0 Å². The van der Waals surface area contributed by atoms with E-state index in [2.05, 4.69) is 59.0 Å². The van der Waals surface area contributed by atoms with Crippen molar-refractivity contribution in [1.82, 2.24) is 0 Å². The van der Waals surface area contributed by atoms with Crippen LogP contribution >= 0.6 is 45.2 Å². The van der Waals surface area contributed by atoms with Crippen molar-refractivity contribution in [2.75, 3.05) is 4.43 Å². The molecule has 1 rings (SSSR count). The predicted octanol–water partition coefficient (Wildman–Crippen LogP) is 4.20. The standard InChI is InChI=1S/C9H16I2/c1-8(2,11)9(7-10)5-3-4-6-9/h3-7H2,1-2H3. The second-order valence-electron chi connectivity index (χ2n) is 4.09. The molecule has 0 nitrogen and oxygen atoms in total. The lowest BCUT2D eigenvalue weighted by molar-refractivity contribution is 0.287. The SMILES string of the molecule is CC(C)(I)C1(CI)CCCC1. The second-order valence-corrected chi connectivity index (χ2v) is 7.55. The number of halogens is 2. The Morgan fingerprint density at radius 3 is 1.91 bits per heavy atom. The van der Waals surface area contributed by atoms with Gasteiger partial charge in [-0.15, -0.1) is 0 Å². The summed E-state index contributed by atoms with van der Waals surface area (Å²) in [5, 5.41) is 0. The van der Waals surface area contributed by atoms with E-state index in [1.54, 1.807) is 0 Å². The maximum atomic E-state index is 2.63. The molecule has 11 heavy (non-hydrogen) atoms. The summed E-state index contributed by atoms with van der Waals surface area (Å²) in [7, 11) is 0. The Morgan fingerprint density at radius 2 is 1.73 bits per heavy atom. The van der Waals surface area contributed by atoms with Crippen LogP contribution in [0.4, 0.5) is 0 Å². The summed E-state index contributed by atoms with van der Waals surface area (Å²) in [5.74, 6) is 0. The fourth-order valence-corrected chi connectivity index (χ4v) is 5.11. The van der Waals surface area contributed by atoms with E-state index in [1.807, 2.05) is 0 Å². The van der Waals surface area contributed by atoms with Crippen LogP contribution in [0.5, 0.6) is 0 Å². The first kappa shape index (κ1) is 10.5. The zero-order valence-electron chi connectivity index (χ0n) is 7.29. The number of hydrogen-bond acceptors (Lipinski definition) is 0. The minimum atomic E-state index is 0.489. The van der Waals surface area contributed by atoms with Crippen molar-refractivity contribution in [1.29, 1.82) is 0 Å². The average molecular weight is 378 g/mol. The highest BCUT2D eigenvalue weighted by atomic mass is 127. The van der Waals surface area contributed by atoms with Crippen molar-refractivity contribution in [3.05, 3.63) is 0 Å². The topological polar surface area (TPSA) is 0 Å². The third kappa shape index (κ3) is 2.03. The molecule has 0 spiro atoms. The fraction of sp³-hybridized carbons (Fsp3) is 1.00. The summed E-state index contributed by atoms with van der Waals surface area (Å²) in [6.07, 6.45) is 5.81. The van der Waals surface area contributed by atoms with E-state index in [0.29, 0.717) is 8.84 Å². The molecule has 1 aliphatic rings. The van der Waals surface area contributed by atoms with Crippen LogP contribution in [0, 0.1) is 5.41 Å². The van der Waals surface area contributed by atoms with Crippen LogP contribution in [-0.2, 0) is 0 Å². The maximum absolute atomic E-state index is 2.63. The minimum absolute atomic E-state index is 0.489. The quantitative estimate of drug-likeness (QED) is 0.500. The van der Waals surface area contributed by atoms with E-state index in [9.17, 15) is 0 Å². The first-order valence-electron chi connectivity index (χ1n) is 4.27. The van der Waals surface area contributed by atoms with E-state index < -0.39 is 0 Å². The molecule has 0 aromatic carbocycles. The highest BCUT2D eigenvalue weighted by Gasteiger charge is 2.44. The molecule has 0 heterocycles. The van der Waals surface area contributed by atoms with Gasteiger partial charge in [0.15, 0.2) is 0 Å². The van der Waals surface area contributed by atoms with Crippen LogP contribution < -0.4 is 0 Å². The van der Waals surface area contributed by atoms with E-state index >= 15 is 0 Å². The van der Waals surface area contributed by atoms with E-state index in [4.69, 9.17) is 0 Å². The Labute approximate surface area is 97.2 Å². The number of rotatable bonds is 2. The third-order valence-electron chi connectivity index (χ3n) is 3.08. The van der Waals surface area contributed by atoms with Crippen molar-refractivity contribution in [3.63, 3.8) is 0 Å². The molecule has 0 saturated heterocycles. The van der Waals surface area contributed by atoms with Crippen molar-refractivity contribution in [3.8, 4) is 0 Å². The first-order valence-corrected chi connectivity index (χ1v) is 6.87. The lowest BCUT2D eigenvalue weighted by Gasteiger charge is -2.39. The van der Waals surface area contributed by atoms with E-state index in [-0.39, 0.29) is 0 Å². The summed E-state index contributed by atoms with van der Waals surface area (Å²) >= 11 is 5.19. The molecule has 1 saturated carbocycles. The van der Waals surface area contributed by atoms with Crippen LogP contribution in [0.15, 0.2) is 0 Å². The Hall–Kier alpha value is 1.46. The molecule has 0 amide bonds. The van der Waals surface area contributed by atoms with Gasteiger partial charge in [0.2, 0.25) is 0 Å². The summed E-state index contributed by atoms with van der Waals surface area (Å²) in [6, 6.07) is 0. The normalized spacial score (nSPS) is 24.0. The Morgan fingerprint density at radius 1 is 1.27 bits per heavy atom. The molecule has 66 valence electrons. The molecule has 0 aromatic heterocycles. The van der Waals surface area contributed by atoms with Gasteiger partial charge in [-0.3, -0.25) is 0 Å². The zero-order chi connectivity index (χ0) is 8.54. The molecule has 0 bridgehead atoms. The molecular weight excluding hydrogens is 362 g/mol. The predicted molar refractivity (Wildman–Crippen MR) is 67.9 cm³/mol. The van der Waals surface area contributed by atoms with Crippen molar-refractivity contribution < 1.29 is 0 Å². The van der Waals surface area contributed by atoms with Crippen LogP contribution in [-0.4, -0.2) is 7.85 Å². The molecule has 0 unspecified atom stereocenters. The van der Waals surface area contributed by atoms with Crippen LogP contribution in [0.1, 0.15) is 39.5 Å². The minimum Gasteiger partial charge on any atom is -0.0857 e. The lowest BCUT2D eigenvalue weighted by atomic mass is 9.78. The van der Waals surface area contributed by atoms with Gasteiger partial charge in [-0.25, -0.2) is 0 Å². The van der Waals surface area contributed by atoms with Gasteiger partial charge < -0.3 is 0 Å². The van der Waals surface area contributed by atoms with Gasteiger partial charge in [-0.05, 0) is 18.3 Å². The Bertz CT molecular complexity index is 129. The molecule has 0 atom stereocenters. The highest BCUT2D eigenvalue weighted by molar-refractivity contribution is 14.1. The molecule has 0 N–H and O–H groups in total. The molecule has 0 aromatic rings. The Balaban J connectivity index is 2.75. The van der Waals surface area contributed by atoms with Crippen LogP contribution in [0.3, 0.4) is 0 Å². The van der Waals surface area contributed by atoms with Gasteiger partial charge >= 0.3 is 0 Å². The van der Waals surface area contributed by atoms with Gasteiger partial charge in [0.1, 0.15) is 0 Å². The van der Waals surface area contributed by atoms with Gasteiger partial charge in [-0.1, -0.05) is 71.9 Å².